The zero-order valence-corrected chi connectivity index (χ0v) is 16.8. The van der Waals surface area contributed by atoms with Crippen LogP contribution in [0.3, 0.4) is 0 Å². The van der Waals surface area contributed by atoms with Gasteiger partial charge in [-0.3, -0.25) is 29.4 Å². The lowest BCUT2D eigenvalue weighted by atomic mass is 9.99. The van der Waals surface area contributed by atoms with E-state index >= 15 is 0 Å². The van der Waals surface area contributed by atoms with Crippen molar-refractivity contribution in [2.45, 2.75) is 12.8 Å². The highest BCUT2D eigenvalue weighted by Crippen LogP contribution is 2.33. The third-order valence-electron chi connectivity index (χ3n) is 4.56. The number of ether oxygens (including phenoxy) is 1. The van der Waals surface area contributed by atoms with Gasteiger partial charge in [0.05, 0.1) is 9.83 Å². The predicted octanol–water partition coefficient (Wildman–Crippen LogP) is 2.83. The first-order chi connectivity index (χ1) is 13.9. The van der Waals surface area contributed by atoms with E-state index in [2.05, 4.69) is 5.32 Å². The molecule has 0 atom stereocenters. The Morgan fingerprint density at radius 1 is 1.38 bits per heavy atom. The minimum atomic E-state index is -0.619. The van der Waals surface area contributed by atoms with Crippen LogP contribution in [0.1, 0.15) is 18.4 Å². The van der Waals surface area contributed by atoms with Crippen molar-refractivity contribution in [2.24, 2.45) is 5.92 Å². The third-order valence-corrected chi connectivity index (χ3v) is 5.79. The molecule has 1 aromatic rings. The van der Waals surface area contributed by atoms with Gasteiger partial charge in [-0.1, -0.05) is 17.7 Å². The summed E-state index contributed by atoms with van der Waals surface area (Å²) in [4.78, 5) is 48.4. The molecule has 2 aliphatic heterocycles. The molecule has 3 rings (SSSR count). The summed E-state index contributed by atoms with van der Waals surface area (Å²) in [5, 5.41) is 13.3. The Balaban J connectivity index is 1.60. The number of nitro benzene ring substituents is 1. The van der Waals surface area contributed by atoms with Gasteiger partial charge in [-0.15, -0.1) is 0 Å². The largest absolute Gasteiger partial charge is 0.381 e. The molecule has 2 heterocycles. The molecule has 29 heavy (non-hydrogen) atoms. The van der Waals surface area contributed by atoms with Crippen LogP contribution in [0.5, 0.6) is 0 Å². The molecule has 0 spiro atoms. The van der Waals surface area contributed by atoms with Crippen LogP contribution in [0.4, 0.5) is 10.5 Å². The highest BCUT2D eigenvalue weighted by molar-refractivity contribution is 8.18. The molecule has 2 aliphatic rings. The van der Waals surface area contributed by atoms with Crippen molar-refractivity contribution in [1.29, 1.82) is 0 Å². The predicted molar refractivity (Wildman–Crippen MR) is 107 cm³/mol. The van der Waals surface area contributed by atoms with Crippen LogP contribution in [0, 0.1) is 16.0 Å². The van der Waals surface area contributed by atoms with Crippen molar-refractivity contribution >= 4 is 52.2 Å². The van der Waals surface area contributed by atoms with Crippen LogP contribution in [0.25, 0.3) is 6.08 Å². The van der Waals surface area contributed by atoms with Crippen LogP contribution in [0.2, 0.25) is 5.02 Å². The monoisotopic (exact) mass is 439 g/mol. The molecular weight excluding hydrogens is 422 g/mol. The van der Waals surface area contributed by atoms with Gasteiger partial charge >= 0.3 is 0 Å². The lowest BCUT2D eigenvalue weighted by Crippen LogP contribution is -2.40. The van der Waals surface area contributed by atoms with E-state index in [1.165, 1.54) is 24.3 Å². The summed E-state index contributed by atoms with van der Waals surface area (Å²) in [7, 11) is 0. The average Bonchev–Trinajstić information content (AvgIpc) is 2.97. The first-order valence-electron chi connectivity index (χ1n) is 8.91. The maximum absolute atomic E-state index is 12.5. The van der Waals surface area contributed by atoms with E-state index in [-0.39, 0.29) is 40.5 Å². The number of amides is 3. The minimum absolute atomic E-state index is 0.0134. The van der Waals surface area contributed by atoms with Gasteiger partial charge in [0.25, 0.3) is 16.8 Å². The third kappa shape index (κ3) is 5.14. The first kappa shape index (κ1) is 21.3. The molecule has 2 fully saturated rings. The molecule has 1 N–H and O–H groups in total. The van der Waals surface area contributed by atoms with E-state index in [1.54, 1.807) is 0 Å². The topological polar surface area (TPSA) is 119 Å². The number of imide groups is 1. The number of benzene rings is 1. The fourth-order valence-electron chi connectivity index (χ4n) is 3.00. The van der Waals surface area contributed by atoms with Crippen LogP contribution in [-0.2, 0) is 14.3 Å². The molecule has 9 nitrogen and oxygen atoms in total. The highest BCUT2D eigenvalue weighted by atomic mass is 35.5. The molecule has 3 amide bonds. The second-order valence-corrected chi connectivity index (χ2v) is 7.88. The van der Waals surface area contributed by atoms with Gasteiger partial charge in [0, 0.05) is 38.3 Å². The van der Waals surface area contributed by atoms with Crippen LogP contribution >= 0.6 is 23.4 Å². The number of nitrogens with zero attached hydrogens (tertiary/aromatic N) is 2. The SMILES string of the molecule is O=C(NCCN1C(=O)S/C(=C\c2ccc(Cl)c([N+](=O)[O-])c2)C1=O)C1CCOCC1. The molecule has 0 saturated carbocycles. The number of hydrogen-bond donors (Lipinski definition) is 1. The molecule has 0 aliphatic carbocycles. The Kier molecular flexibility index (Phi) is 6.88. The van der Waals surface area contributed by atoms with E-state index in [9.17, 15) is 24.5 Å². The number of thioether (sulfide) groups is 1. The second kappa shape index (κ2) is 9.38. The lowest BCUT2D eigenvalue weighted by molar-refractivity contribution is -0.384. The average molecular weight is 440 g/mol. The van der Waals surface area contributed by atoms with Crippen molar-refractivity contribution < 1.29 is 24.0 Å². The fraction of sp³-hybridized carbons (Fsp3) is 0.389. The maximum Gasteiger partial charge on any atom is 0.293 e. The molecular formula is C18H18ClN3O6S. The molecule has 0 bridgehead atoms. The Morgan fingerprint density at radius 3 is 2.79 bits per heavy atom. The number of carbonyl (C=O) groups excluding carboxylic acids is 3. The number of nitrogens with one attached hydrogen (secondary N) is 1. The Morgan fingerprint density at radius 2 is 2.10 bits per heavy atom. The zero-order valence-electron chi connectivity index (χ0n) is 15.3. The van der Waals surface area contributed by atoms with Gasteiger partial charge in [-0.2, -0.15) is 0 Å². The number of halogens is 1. The van der Waals surface area contributed by atoms with E-state index in [0.29, 0.717) is 31.6 Å². The summed E-state index contributed by atoms with van der Waals surface area (Å²) < 4.78 is 5.22. The Hall–Kier alpha value is -2.43. The summed E-state index contributed by atoms with van der Waals surface area (Å²) in [5.41, 5.74) is 0.106. The van der Waals surface area contributed by atoms with Gasteiger partial charge in [-0.25, -0.2) is 0 Å². The number of hydrogen-bond acceptors (Lipinski definition) is 7. The standard InChI is InChI=1S/C18H18ClN3O6S/c19-13-2-1-11(9-14(13)22(26)27)10-15-17(24)21(18(25)29-15)6-5-20-16(23)12-3-7-28-8-4-12/h1-2,9-10,12H,3-8H2,(H,20,23)/b15-10-. The van der Waals surface area contributed by atoms with Gasteiger partial charge in [0.1, 0.15) is 5.02 Å². The van der Waals surface area contributed by atoms with Crippen molar-refractivity contribution in [3.63, 3.8) is 0 Å². The van der Waals surface area contributed by atoms with Crippen molar-refractivity contribution in [1.82, 2.24) is 10.2 Å². The van der Waals surface area contributed by atoms with Crippen LogP contribution in [0.15, 0.2) is 23.1 Å². The smallest absolute Gasteiger partial charge is 0.293 e. The number of rotatable bonds is 6. The van der Waals surface area contributed by atoms with Gasteiger partial charge in [-0.05, 0) is 42.3 Å². The quantitative estimate of drug-likeness (QED) is 0.411. The molecule has 0 unspecified atom stereocenters. The van der Waals surface area contributed by atoms with E-state index in [1.807, 2.05) is 0 Å². The van der Waals surface area contributed by atoms with E-state index < -0.39 is 16.1 Å². The fourth-order valence-corrected chi connectivity index (χ4v) is 4.05. The molecule has 154 valence electrons. The summed E-state index contributed by atoms with van der Waals surface area (Å²) in [5.74, 6) is -0.721. The van der Waals surface area contributed by atoms with Crippen molar-refractivity contribution in [3.05, 3.63) is 43.8 Å². The summed E-state index contributed by atoms with van der Waals surface area (Å²) in [6.45, 7) is 1.31. The van der Waals surface area contributed by atoms with Crippen molar-refractivity contribution in [2.75, 3.05) is 26.3 Å². The summed E-state index contributed by atoms with van der Waals surface area (Å²) in [6, 6.07) is 4.13. The van der Waals surface area contributed by atoms with Gasteiger partial charge < -0.3 is 10.1 Å². The molecule has 11 heteroatoms. The number of carbonyl (C=O) groups is 3. The van der Waals surface area contributed by atoms with Crippen molar-refractivity contribution in [3.8, 4) is 0 Å². The number of nitro groups is 1. The Bertz CT molecular complexity index is 884. The van der Waals surface area contributed by atoms with E-state index in [0.717, 1.165) is 16.7 Å². The molecule has 0 radical (unpaired) electrons. The maximum atomic E-state index is 12.5. The first-order valence-corrected chi connectivity index (χ1v) is 10.1. The lowest BCUT2D eigenvalue weighted by Gasteiger charge is -2.21. The highest BCUT2D eigenvalue weighted by Gasteiger charge is 2.35. The zero-order chi connectivity index (χ0) is 21.0. The second-order valence-electron chi connectivity index (χ2n) is 6.48. The van der Waals surface area contributed by atoms with Gasteiger partial charge in [0.15, 0.2) is 0 Å². The minimum Gasteiger partial charge on any atom is -0.381 e. The van der Waals surface area contributed by atoms with Gasteiger partial charge in [0.2, 0.25) is 5.91 Å². The van der Waals surface area contributed by atoms with Crippen LogP contribution in [-0.4, -0.2) is 53.2 Å². The molecule has 0 aromatic heterocycles. The molecule has 2 saturated heterocycles. The summed E-state index contributed by atoms with van der Waals surface area (Å²) in [6.07, 6.45) is 2.72. The Labute approximate surface area is 175 Å². The van der Waals surface area contributed by atoms with E-state index in [4.69, 9.17) is 16.3 Å². The summed E-state index contributed by atoms with van der Waals surface area (Å²) >= 11 is 6.53. The normalized spacial score (nSPS) is 19.1. The van der Waals surface area contributed by atoms with Crippen LogP contribution < -0.4 is 5.32 Å². The molecule has 1 aromatic carbocycles.